The van der Waals surface area contributed by atoms with Crippen LogP contribution in [0.3, 0.4) is 0 Å². The minimum Gasteiger partial charge on any atom is -0.494 e. The lowest BCUT2D eigenvalue weighted by molar-refractivity contribution is -0.160. The highest BCUT2D eigenvalue weighted by Crippen LogP contribution is 2.46. The van der Waals surface area contributed by atoms with E-state index in [4.69, 9.17) is 4.74 Å². The molecule has 148 valence electrons. The molecule has 26 heavy (non-hydrogen) atoms. The van der Waals surface area contributed by atoms with Gasteiger partial charge in [0.1, 0.15) is 17.7 Å². The Hall–Kier alpha value is -1.39. The Morgan fingerprint density at radius 3 is 2.42 bits per heavy atom. The molecule has 4 nitrogen and oxygen atoms in total. The first-order valence-electron chi connectivity index (χ1n) is 10.1. The summed E-state index contributed by atoms with van der Waals surface area (Å²) in [4.78, 5) is 25.4. The van der Waals surface area contributed by atoms with Gasteiger partial charge < -0.3 is 9.84 Å². The van der Waals surface area contributed by atoms with Crippen LogP contribution >= 0.6 is 0 Å². The molecule has 1 saturated carbocycles. The summed E-state index contributed by atoms with van der Waals surface area (Å²) in [5, 5.41) is 10.1. The SMILES string of the molecule is CCCCC(C)(F)CCC(=O)[C@](CCC1=CCO1)(C(=O)O)C1CCCC1. The van der Waals surface area contributed by atoms with Gasteiger partial charge in [-0.2, -0.15) is 0 Å². The molecule has 0 aromatic rings. The third kappa shape index (κ3) is 4.86. The second kappa shape index (κ2) is 9.01. The molecule has 1 fully saturated rings. The van der Waals surface area contributed by atoms with Crippen LogP contribution in [0.15, 0.2) is 11.8 Å². The summed E-state index contributed by atoms with van der Waals surface area (Å²) >= 11 is 0. The van der Waals surface area contributed by atoms with E-state index in [2.05, 4.69) is 0 Å². The van der Waals surface area contributed by atoms with Crippen LogP contribution in [0.1, 0.15) is 84.5 Å². The lowest BCUT2D eigenvalue weighted by atomic mass is 9.66. The number of unbranched alkanes of at least 4 members (excludes halogenated alkanes) is 1. The largest absolute Gasteiger partial charge is 0.494 e. The van der Waals surface area contributed by atoms with Crippen molar-refractivity contribution in [2.24, 2.45) is 11.3 Å². The number of ketones is 1. The maximum atomic E-state index is 14.7. The average molecular weight is 368 g/mol. The Morgan fingerprint density at radius 1 is 1.27 bits per heavy atom. The molecule has 0 radical (unpaired) electrons. The van der Waals surface area contributed by atoms with E-state index in [0.717, 1.165) is 44.3 Å². The Bertz CT molecular complexity index is 534. The first kappa shape index (κ1) is 20.9. The molecule has 0 aromatic carbocycles. The van der Waals surface area contributed by atoms with Gasteiger partial charge in [0.05, 0.1) is 5.76 Å². The number of aliphatic carboxylic acids is 1. The zero-order valence-electron chi connectivity index (χ0n) is 16.2. The summed E-state index contributed by atoms with van der Waals surface area (Å²) < 4.78 is 20.0. The first-order chi connectivity index (χ1) is 12.3. The predicted molar refractivity (Wildman–Crippen MR) is 98.6 cm³/mol. The van der Waals surface area contributed by atoms with E-state index in [9.17, 15) is 19.1 Å². The van der Waals surface area contributed by atoms with Crippen LogP contribution in [0.5, 0.6) is 0 Å². The smallest absolute Gasteiger partial charge is 0.317 e. The fourth-order valence-corrected chi connectivity index (χ4v) is 4.35. The number of carbonyl (C=O) groups is 2. The fraction of sp³-hybridized carbons (Fsp3) is 0.810. The molecule has 1 aliphatic heterocycles. The Kier molecular flexibility index (Phi) is 7.24. The molecule has 2 aliphatic rings. The summed E-state index contributed by atoms with van der Waals surface area (Å²) in [6.07, 6.45) is 8.31. The van der Waals surface area contributed by atoms with Gasteiger partial charge in [-0.15, -0.1) is 0 Å². The van der Waals surface area contributed by atoms with E-state index >= 15 is 0 Å². The molecule has 0 saturated heterocycles. The maximum Gasteiger partial charge on any atom is 0.317 e. The first-order valence-corrected chi connectivity index (χ1v) is 10.1. The van der Waals surface area contributed by atoms with Gasteiger partial charge in [-0.05, 0) is 51.0 Å². The predicted octanol–water partition coefficient (Wildman–Crippen LogP) is 5.21. The quantitative estimate of drug-likeness (QED) is 0.480. The number of carbonyl (C=O) groups excluding carboxylic acids is 1. The second-order valence-electron chi connectivity index (χ2n) is 8.18. The maximum absolute atomic E-state index is 14.7. The monoisotopic (exact) mass is 368 g/mol. The second-order valence-corrected chi connectivity index (χ2v) is 8.18. The van der Waals surface area contributed by atoms with E-state index in [0.29, 0.717) is 19.4 Å². The number of rotatable bonds is 12. The van der Waals surface area contributed by atoms with Crippen molar-refractivity contribution in [3.63, 3.8) is 0 Å². The number of Topliss-reactive ketones (excluding diaryl/α,β-unsaturated/α-hetero) is 1. The average Bonchev–Trinajstić information content (AvgIpc) is 3.07. The molecule has 1 unspecified atom stereocenters. The van der Waals surface area contributed by atoms with E-state index < -0.39 is 17.1 Å². The summed E-state index contributed by atoms with van der Waals surface area (Å²) in [7, 11) is 0. The lowest BCUT2D eigenvalue weighted by Crippen LogP contribution is -2.45. The van der Waals surface area contributed by atoms with Crippen molar-refractivity contribution in [1.82, 2.24) is 0 Å². The minimum absolute atomic E-state index is 0.000576. The molecule has 5 heteroatoms. The molecule has 2 atom stereocenters. The summed E-state index contributed by atoms with van der Waals surface area (Å²) in [6.45, 7) is 4.10. The van der Waals surface area contributed by atoms with E-state index in [-0.39, 0.29) is 31.0 Å². The highest BCUT2D eigenvalue weighted by Gasteiger charge is 2.52. The van der Waals surface area contributed by atoms with Gasteiger partial charge in [0.15, 0.2) is 5.78 Å². The van der Waals surface area contributed by atoms with Crippen LogP contribution < -0.4 is 0 Å². The zero-order valence-corrected chi connectivity index (χ0v) is 16.2. The number of alkyl halides is 1. The Labute approximate surface area is 156 Å². The zero-order chi connectivity index (χ0) is 19.2. The molecular formula is C21H33FO4. The van der Waals surface area contributed by atoms with Crippen molar-refractivity contribution in [1.29, 1.82) is 0 Å². The van der Waals surface area contributed by atoms with Gasteiger partial charge in [-0.1, -0.05) is 32.6 Å². The van der Waals surface area contributed by atoms with Crippen LogP contribution in [0.4, 0.5) is 4.39 Å². The standard InChI is InChI=1S/C21H33FO4/c1-3-4-12-20(2,22)13-10-18(23)21(19(24)25,16-7-5-6-8-16)14-9-17-11-15-26-17/h11,16H,3-10,12-15H2,1-2H3,(H,24,25)/t20?,21-/m1/s1. The molecule has 1 heterocycles. The number of hydrogen-bond acceptors (Lipinski definition) is 3. The van der Waals surface area contributed by atoms with Gasteiger partial charge in [0, 0.05) is 12.8 Å². The van der Waals surface area contributed by atoms with Crippen molar-refractivity contribution in [3.8, 4) is 0 Å². The minimum atomic E-state index is -1.41. The van der Waals surface area contributed by atoms with Crippen LogP contribution in [0, 0.1) is 11.3 Å². The number of halogens is 1. The molecule has 0 bridgehead atoms. The summed E-state index contributed by atoms with van der Waals surface area (Å²) in [5.74, 6) is -0.699. The topological polar surface area (TPSA) is 63.6 Å². The van der Waals surface area contributed by atoms with E-state index in [1.54, 1.807) is 0 Å². The molecule has 2 rings (SSSR count). The van der Waals surface area contributed by atoms with E-state index in [1.165, 1.54) is 6.92 Å². The molecule has 1 aliphatic carbocycles. The summed E-state index contributed by atoms with van der Waals surface area (Å²) in [5.41, 5.74) is -2.80. The van der Waals surface area contributed by atoms with Gasteiger partial charge in [-0.3, -0.25) is 9.59 Å². The van der Waals surface area contributed by atoms with Gasteiger partial charge in [-0.25, -0.2) is 4.39 Å². The third-order valence-electron chi connectivity index (χ3n) is 6.20. The third-order valence-corrected chi connectivity index (χ3v) is 6.20. The number of hydrogen-bond donors (Lipinski definition) is 1. The van der Waals surface area contributed by atoms with Crippen LogP contribution in [0.2, 0.25) is 0 Å². The normalized spacial score (nSPS) is 21.9. The number of carboxylic acids is 1. The molecule has 0 amide bonds. The van der Waals surface area contributed by atoms with Gasteiger partial charge in [0.2, 0.25) is 0 Å². The van der Waals surface area contributed by atoms with Gasteiger partial charge in [0.25, 0.3) is 0 Å². The van der Waals surface area contributed by atoms with Crippen molar-refractivity contribution in [2.75, 3.05) is 6.61 Å². The molecular weight excluding hydrogens is 335 g/mol. The number of carboxylic acid groups (broad SMARTS) is 1. The van der Waals surface area contributed by atoms with Crippen molar-refractivity contribution < 1.29 is 23.8 Å². The lowest BCUT2D eigenvalue weighted by Gasteiger charge is -2.35. The van der Waals surface area contributed by atoms with Crippen molar-refractivity contribution in [3.05, 3.63) is 11.8 Å². The number of ether oxygens (including phenoxy) is 1. The van der Waals surface area contributed by atoms with E-state index in [1.807, 2.05) is 13.0 Å². The summed E-state index contributed by atoms with van der Waals surface area (Å²) in [6, 6.07) is 0. The van der Waals surface area contributed by atoms with Crippen LogP contribution in [0.25, 0.3) is 0 Å². The van der Waals surface area contributed by atoms with Crippen LogP contribution in [-0.2, 0) is 14.3 Å². The van der Waals surface area contributed by atoms with Crippen molar-refractivity contribution in [2.45, 2.75) is 90.1 Å². The molecule has 0 spiro atoms. The molecule has 0 aromatic heterocycles. The Balaban J connectivity index is 2.12. The molecule has 1 N–H and O–H groups in total. The Morgan fingerprint density at radius 2 is 1.92 bits per heavy atom. The van der Waals surface area contributed by atoms with Crippen molar-refractivity contribution >= 4 is 11.8 Å². The van der Waals surface area contributed by atoms with Gasteiger partial charge >= 0.3 is 5.97 Å². The fourth-order valence-electron chi connectivity index (χ4n) is 4.35. The highest BCUT2D eigenvalue weighted by atomic mass is 19.1. The van der Waals surface area contributed by atoms with Crippen LogP contribution in [-0.4, -0.2) is 29.1 Å². The number of allylic oxidation sites excluding steroid dienone is 1. The highest BCUT2D eigenvalue weighted by molar-refractivity contribution is 6.03.